The number of hydrogen-bond donors (Lipinski definition) is 2. The number of fused-ring (bicyclic) bond motifs is 1. The van der Waals surface area contributed by atoms with Crippen LogP contribution in [-0.2, 0) is 14.4 Å². The molecule has 2 N–H and O–H groups in total. The number of nitrogens with zero attached hydrogens (tertiary/aromatic N) is 1. The van der Waals surface area contributed by atoms with E-state index in [1.165, 1.54) is 19.1 Å². The minimum Gasteiger partial charge on any atom is -0.296 e. The standard InChI is InChI=1S/C17H16Cl3N3O3/c1-8(23-16(25)10-4-2-3-5-11(10)17(23)26)15(24)22-21-14-12(19)6-9(18)7-13(14)20/h2-3,6-8,10-11,21H,4-5H2,1H3,(H,22,24)/t8-,10-,11-/m0/s1. The molecule has 3 rings (SSSR count). The van der Waals surface area contributed by atoms with E-state index >= 15 is 0 Å². The van der Waals surface area contributed by atoms with Gasteiger partial charge < -0.3 is 0 Å². The second-order valence-electron chi connectivity index (χ2n) is 6.24. The first kappa shape index (κ1) is 19.0. The Morgan fingerprint density at radius 3 is 2.08 bits per heavy atom. The molecule has 3 amide bonds. The van der Waals surface area contributed by atoms with Crippen LogP contribution in [0.4, 0.5) is 5.69 Å². The van der Waals surface area contributed by atoms with Crippen molar-refractivity contribution in [1.29, 1.82) is 0 Å². The number of allylic oxidation sites excluding steroid dienone is 2. The maximum absolute atomic E-state index is 12.5. The van der Waals surface area contributed by atoms with E-state index in [-0.39, 0.29) is 39.4 Å². The quantitative estimate of drug-likeness (QED) is 0.448. The van der Waals surface area contributed by atoms with E-state index in [0.717, 1.165) is 4.90 Å². The van der Waals surface area contributed by atoms with Crippen LogP contribution in [0.2, 0.25) is 15.1 Å². The van der Waals surface area contributed by atoms with Gasteiger partial charge in [0.05, 0.1) is 27.6 Å². The molecule has 26 heavy (non-hydrogen) atoms. The van der Waals surface area contributed by atoms with Crippen LogP contribution < -0.4 is 10.9 Å². The Morgan fingerprint density at radius 1 is 1.08 bits per heavy atom. The van der Waals surface area contributed by atoms with Gasteiger partial charge in [0, 0.05) is 5.02 Å². The number of rotatable bonds is 4. The van der Waals surface area contributed by atoms with Crippen LogP contribution in [-0.4, -0.2) is 28.7 Å². The number of carbonyl (C=O) groups excluding carboxylic acids is 3. The topological polar surface area (TPSA) is 78.5 Å². The van der Waals surface area contributed by atoms with Crippen molar-refractivity contribution in [3.05, 3.63) is 39.4 Å². The van der Waals surface area contributed by atoms with Gasteiger partial charge in [-0.2, -0.15) is 0 Å². The summed E-state index contributed by atoms with van der Waals surface area (Å²) in [6.07, 6.45) is 4.84. The van der Waals surface area contributed by atoms with E-state index in [1.54, 1.807) is 0 Å². The normalized spacial score (nSPS) is 23.0. The maximum atomic E-state index is 12.5. The van der Waals surface area contributed by atoms with Crippen molar-refractivity contribution in [1.82, 2.24) is 10.3 Å². The summed E-state index contributed by atoms with van der Waals surface area (Å²) >= 11 is 17.9. The molecule has 6 nitrogen and oxygen atoms in total. The zero-order valence-corrected chi connectivity index (χ0v) is 16.0. The number of hydrogen-bond acceptors (Lipinski definition) is 4. The number of nitrogens with one attached hydrogen (secondary N) is 2. The summed E-state index contributed by atoms with van der Waals surface area (Å²) in [5.74, 6) is -1.93. The lowest BCUT2D eigenvalue weighted by Gasteiger charge is -2.23. The molecule has 1 aromatic carbocycles. The molecule has 0 saturated carbocycles. The fourth-order valence-electron chi connectivity index (χ4n) is 3.22. The van der Waals surface area contributed by atoms with Crippen LogP contribution in [0.15, 0.2) is 24.3 Å². The smallest absolute Gasteiger partial charge is 0.261 e. The lowest BCUT2D eigenvalue weighted by atomic mass is 9.85. The molecule has 0 radical (unpaired) electrons. The number of benzene rings is 1. The molecule has 138 valence electrons. The Hall–Kier alpha value is -1.76. The number of imide groups is 1. The zero-order valence-electron chi connectivity index (χ0n) is 13.8. The number of carbonyl (C=O) groups is 3. The van der Waals surface area contributed by atoms with E-state index in [1.807, 2.05) is 12.2 Å². The first-order valence-corrected chi connectivity index (χ1v) is 9.17. The third-order valence-corrected chi connectivity index (χ3v) is 5.44. The molecule has 1 fully saturated rings. The van der Waals surface area contributed by atoms with Gasteiger partial charge in [0.1, 0.15) is 6.04 Å². The highest BCUT2D eigenvalue weighted by atomic mass is 35.5. The van der Waals surface area contributed by atoms with Gasteiger partial charge in [0.2, 0.25) is 11.8 Å². The fourth-order valence-corrected chi connectivity index (χ4v) is 4.13. The average molecular weight is 417 g/mol. The molecule has 9 heteroatoms. The van der Waals surface area contributed by atoms with Gasteiger partial charge >= 0.3 is 0 Å². The Bertz CT molecular complexity index is 763. The van der Waals surface area contributed by atoms with Crippen molar-refractivity contribution >= 4 is 58.2 Å². The van der Waals surface area contributed by atoms with E-state index in [4.69, 9.17) is 34.8 Å². The van der Waals surface area contributed by atoms with Crippen molar-refractivity contribution in [2.24, 2.45) is 11.8 Å². The molecular formula is C17H16Cl3N3O3. The minimum atomic E-state index is -0.960. The van der Waals surface area contributed by atoms with Gasteiger partial charge in [-0.3, -0.25) is 30.1 Å². The highest BCUT2D eigenvalue weighted by Gasteiger charge is 2.50. The summed E-state index contributed by atoms with van der Waals surface area (Å²) in [5, 5.41) is 0.802. The maximum Gasteiger partial charge on any atom is 0.261 e. The molecule has 1 saturated heterocycles. The summed E-state index contributed by atoms with van der Waals surface area (Å²) in [6, 6.07) is 1.98. The molecule has 0 spiro atoms. The van der Waals surface area contributed by atoms with Crippen LogP contribution in [0.25, 0.3) is 0 Å². The fraction of sp³-hybridized carbons (Fsp3) is 0.353. The molecule has 0 bridgehead atoms. The van der Waals surface area contributed by atoms with Gasteiger partial charge in [-0.25, -0.2) is 0 Å². The Morgan fingerprint density at radius 2 is 1.58 bits per heavy atom. The van der Waals surface area contributed by atoms with Crippen LogP contribution >= 0.6 is 34.8 Å². The summed E-state index contributed by atoms with van der Waals surface area (Å²) in [4.78, 5) is 38.5. The van der Waals surface area contributed by atoms with E-state index in [0.29, 0.717) is 17.9 Å². The highest BCUT2D eigenvalue weighted by Crippen LogP contribution is 2.36. The number of amides is 3. The molecule has 0 unspecified atom stereocenters. The van der Waals surface area contributed by atoms with Crippen LogP contribution in [0.1, 0.15) is 19.8 Å². The largest absolute Gasteiger partial charge is 0.296 e. The van der Waals surface area contributed by atoms with Gasteiger partial charge in [0.25, 0.3) is 5.91 Å². The Labute approximate surface area is 165 Å². The van der Waals surface area contributed by atoms with Gasteiger partial charge in [-0.15, -0.1) is 0 Å². The molecule has 1 aliphatic heterocycles. The van der Waals surface area contributed by atoms with E-state index in [2.05, 4.69) is 10.9 Å². The van der Waals surface area contributed by atoms with Crippen molar-refractivity contribution < 1.29 is 14.4 Å². The van der Waals surface area contributed by atoms with Gasteiger partial charge in [-0.1, -0.05) is 47.0 Å². The van der Waals surface area contributed by atoms with E-state index in [9.17, 15) is 14.4 Å². The van der Waals surface area contributed by atoms with Crippen molar-refractivity contribution in [2.45, 2.75) is 25.8 Å². The highest BCUT2D eigenvalue weighted by molar-refractivity contribution is 6.41. The summed E-state index contributed by atoms with van der Waals surface area (Å²) in [5.41, 5.74) is 5.33. The average Bonchev–Trinajstić information content (AvgIpc) is 2.84. The molecule has 1 aromatic rings. The molecule has 2 aliphatic rings. The Balaban J connectivity index is 1.69. The second-order valence-corrected chi connectivity index (χ2v) is 7.49. The Kier molecular flexibility index (Phi) is 5.46. The molecule has 1 aliphatic carbocycles. The first-order chi connectivity index (χ1) is 12.3. The molecular weight excluding hydrogens is 401 g/mol. The molecule has 3 atom stereocenters. The lowest BCUT2D eigenvalue weighted by molar-refractivity contribution is -0.147. The van der Waals surface area contributed by atoms with Crippen LogP contribution in [0, 0.1) is 11.8 Å². The van der Waals surface area contributed by atoms with Crippen molar-refractivity contribution in [3.63, 3.8) is 0 Å². The van der Waals surface area contributed by atoms with Crippen molar-refractivity contribution in [2.75, 3.05) is 5.43 Å². The number of anilines is 1. The van der Waals surface area contributed by atoms with Crippen LogP contribution in [0.5, 0.6) is 0 Å². The number of likely N-dealkylation sites (tertiary alicyclic amines) is 1. The van der Waals surface area contributed by atoms with Gasteiger partial charge in [-0.05, 0) is 31.9 Å². The third kappa shape index (κ3) is 3.41. The van der Waals surface area contributed by atoms with Crippen LogP contribution in [0.3, 0.4) is 0 Å². The number of halogens is 3. The SMILES string of the molecule is C[C@@H](C(=O)NNc1c(Cl)cc(Cl)cc1Cl)N1C(=O)[C@H]2CC=CC[C@@H]2C1=O. The van der Waals surface area contributed by atoms with Crippen molar-refractivity contribution in [3.8, 4) is 0 Å². The predicted molar refractivity (Wildman–Crippen MR) is 99.9 cm³/mol. The summed E-state index contributed by atoms with van der Waals surface area (Å²) in [7, 11) is 0. The molecule has 1 heterocycles. The monoisotopic (exact) mass is 415 g/mol. The van der Waals surface area contributed by atoms with E-state index < -0.39 is 11.9 Å². The molecule has 0 aromatic heterocycles. The third-order valence-electron chi connectivity index (χ3n) is 4.63. The first-order valence-electron chi connectivity index (χ1n) is 8.03. The number of hydrazine groups is 1. The summed E-state index contributed by atoms with van der Waals surface area (Å²) < 4.78 is 0. The lowest BCUT2D eigenvalue weighted by Crippen LogP contribution is -2.49. The predicted octanol–water partition coefficient (Wildman–Crippen LogP) is 3.43. The second kappa shape index (κ2) is 7.47. The zero-order chi connectivity index (χ0) is 19.0. The summed E-state index contributed by atoms with van der Waals surface area (Å²) in [6.45, 7) is 1.50. The van der Waals surface area contributed by atoms with Gasteiger partial charge in [0.15, 0.2) is 0 Å². The minimum absolute atomic E-state index is 0.223.